The van der Waals surface area contributed by atoms with Crippen LogP contribution in [0.2, 0.25) is 0 Å². The summed E-state index contributed by atoms with van der Waals surface area (Å²) in [5, 5.41) is 7.10. The van der Waals surface area contributed by atoms with E-state index in [2.05, 4.69) is 10.4 Å². The average molecular weight is 291 g/mol. The molecule has 1 aliphatic heterocycles. The van der Waals surface area contributed by atoms with Gasteiger partial charge in [0.2, 0.25) is 5.91 Å². The fraction of sp³-hybridized carbons (Fsp3) is 0.667. The molecule has 114 valence electrons. The number of amides is 1. The number of carbonyl (C=O) groups is 2. The van der Waals surface area contributed by atoms with Crippen LogP contribution in [-0.2, 0) is 20.9 Å². The van der Waals surface area contributed by atoms with Gasteiger partial charge < -0.3 is 10.1 Å². The minimum absolute atomic E-state index is 0.0633. The predicted octanol–water partition coefficient (Wildman–Crippen LogP) is 1.18. The van der Waals surface area contributed by atoms with Gasteiger partial charge in [-0.15, -0.1) is 0 Å². The van der Waals surface area contributed by atoms with Gasteiger partial charge in [-0.1, -0.05) is 0 Å². The average Bonchev–Trinajstić information content (AvgIpc) is 3.13. The van der Waals surface area contributed by atoms with Gasteiger partial charge in [-0.05, 0) is 38.2 Å². The van der Waals surface area contributed by atoms with Gasteiger partial charge in [-0.3, -0.25) is 14.3 Å². The van der Waals surface area contributed by atoms with E-state index >= 15 is 0 Å². The van der Waals surface area contributed by atoms with Crippen molar-refractivity contribution in [1.82, 2.24) is 15.1 Å². The molecule has 3 rings (SSSR count). The fourth-order valence-corrected chi connectivity index (χ4v) is 3.45. The lowest BCUT2D eigenvalue weighted by molar-refractivity contribution is -0.149. The third kappa shape index (κ3) is 2.80. The summed E-state index contributed by atoms with van der Waals surface area (Å²) in [6.07, 6.45) is 7.63. The van der Waals surface area contributed by atoms with Gasteiger partial charge in [0.25, 0.3) is 0 Å². The molecule has 0 radical (unpaired) electrons. The molecule has 1 aromatic heterocycles. The maximum Gasteiger partial charge on any atom is 0.307 e. The van der Waals surface area contributed by atoms with Crippen LogP contribution < -0.4 is 5.32 Å². The van der Waals surface area contributed by atoms with E-state index < -0.39 is 5.60 Å². The first-order valence-corrected chi connectivity index (χ1v) is 7.58. The first-order chi connectivity index (χ1) is 10.1. The molecule has 6 nitrogen and oxygen atoms in total. The van der Waals surface area contributed by atoms with Crippen molar-refractivity contribution in [3.8, 4) is 0 Å². The van der Waals surface area contributed by atoms with Crippen molar-refractivity contribution in [2.45, 2.75) is 51.2 Å². The van der Waals surface area contributed by atoms with E-state index in [0.717, 1.165) is 31.2 Å². The number of esters is 1. The second-order valence-electron chi connectivity index (χ2n) is 6.07. The molecule has 6 heteroatoms. The molecule has 2 heterocycles. The van der Waals surface area contributed by atoms with Crippen molar-refractivity contribution in [1.29, 1.82) is 0 Å². The third-order valence-corrected chi connectivity index (χ3v) is 4.49. The van der Waals surface area contributed by atoms with Crippen molar-refractivity contribution in [3.05, 3.63) is 18.0 Å². The summed E-state index contributed by atoms with van der Waals surface area (Å²) >= 11 is 0. The van der Waals surface area contributed by atoms with Crippen LogP contribution in [0, 0.1) is 12.8 Å². The Kier molecular flexibility index (Phi) is 3.69. The molecule has 21 heavy (non-hydrogen) atoms. The summed E-state index contributed by atoms with van der Waals surface area (Å²) in [7, 11) is 0. The molecule has 2 aliphatic rings. The first kappa shape index (κ1) is 14.1. The molecule has 1 saturated carbocycles. The van der Waals surface area contributed by atoms with E-state index in [0.29, 0.717) is 13.1 Å². The van der Waals surface area contributed by atoms with Crippen molar-refractivity contribution in [2.24, 2.45) is 5.92 Å². The predicted molar refractivity (Wildman–Crippen MR) is 75.4 cm³/mol. The lowest BCUT2D eigenvalue weighted by Crippen LogP contribution is -2.43. The van der Waals surface area contributed by atoms with Crippen molar-refractivity contribution in [3.63, 3.8) is 0 Å². The largest absolute Gasteiger partial charge is 0.458 e. The monoisotopic (exact) mass is 291 g/mol. The Morgan fingerprint density at radius 2 is 2.29 bits per heavy atom. The van der Waals surface area contributed by atoms with E-state index in [4.69, 9.17) is 4.74 Å². The van der Waals surface area contributed by atoms with E-state index in [9.17, 15) is 9.59 Å². The SMILES string of the molecule is Cc1cnn(CCNC(=O)C2CC(=O)OC23CCCC3)c1. The summed E-state index contributed by atoms with van der Waals surface area (Å²) in [6, 6.07) is 0. The molecule has 0 aromatic carbocycles. The highest BCUT2D eigenvalue weighted by molar-refractivity contribution is 5.87. The number of nitrogens with zero attached hydrogens (tertiary/aromatic N) is 2. The molecule has 1 atom stereocenters. The maximum absolute atomic E-state index is 12.4. The molecule has 1 N–H and O–H groups in total. The number of nitrogens with one attached hydrogen (secondary N) is 1. The van der Waals surface area contributed by atoms with Crippen LogP contribution in [0.15, 0.2) is 12.4 Å². The number of carbonyl (C=O) groups excluding carboxylic acids is 2. The molecule has 0 bridgehead atoms. The van der Waals surface area contributed by atoms with Gasteiger partial charge in [0.05, 0.1) is 25.1 Å². The number of ether oxygens (including phenoxy) is 1. The molecule has 1 spiro atoms. The van der Waals surface area contributed by atoms with Crippen LogP contribution in [0.4, 0.5) is 0 Å². The number of hydrogen-bond acceptors (Lipinski definition) is 4. The van der Waals surface area contributed by atoms with E-state index in [1.54, 1.807) is 10.9 Å². The second kappa shape index (κ2) is 5.50. The van der Waals surface area contributed by atoms with Gasteiger partial charge in [-0.2, -0.15) is 5.10 Å². The molecule has 1 saturated heterocycles. The van der Waals surface area contributed by atoms with Crippen LogP contribution in [-0.4, -0.2) is 33.8 Å². The quantitative estimate of drug-likeness (QED) is 0.846. The number of hydrogen-bond donors (Lipinski definition) is 1. The highest BCUT2D eigenvalue weighted by Gasteiger charge is 2.53. The van der Waals surface area contributed by atoms with Crippen LogP contribution in [0.25, 0.3) is 0 Å². The van der Waals surface area contributed by atoms with Crippen LogP contribution in [0.3, 0.4) is 0 Å². The summed E-state index contributed by atoms with van der Waals surface area (Å²) in [4.78, 5) is 24.0. The van der Waals surface area contributed by atoms with E-state index in [-0.39, 0.29) is 24.2 Å². The summed E-state index contributed by atoms with van der Waals surface area (Å²) in [5.74, 6) is -0.627. The van der Waals surface area contributed by atoms with Crippen molar-refractivity contribution in [2.75, 3.05) is 6.54 Å². The van der Waals surface area contributed by atoms with Crippen LogP contribution in [0.1, 0.15) is 37.7 Å². The molecule has 1 amide bonds. The molecule has 1 aromatic rings. The minimum atomic E-state index is -0.524. The Morgan fingerprint density at radius 1 is 1.52 bits per heavy atom. The Morgan fingerprint density at radius 3 is 2.95 bits per heavy atom. The maximum atomic E-state index is 12.4. The van der Waals surface area contributed by atoms with Gasteiger partial charge >= 0.3 is 5.97 Å². The lowest BCUT2D eigenvalue weighted by Gasteiger charge is -2.27. The smallest absolute Gasteiger partial charge is 0.307 e. The zero-order valence-electron chi connectivity index (χ0n) is 12.3. The van der Waals surface area contributed by atoms with Gasteiger partial charge in [0.15, 0.2) is 0 Å². The molecular weight excluding hydrogens is 270 g/mol. The highest BCUT2D eigenvalue weighted by Crippen LogP contribution is 2.45. The van der Waals surface area contributed by atoms with Gasteiger partial charge in [0, 0.05) is 12.7 Å². The Bertz CT molecular complexity index is 546. The van der Waals surface area contributed by atoms with Crippen LogP contribution >= 0.6 is 0 Å². The summed E-state index contributed by atoms with van der Waals surface area (Å²) in [5.41, 5.74) is 0.574. The normalized spacial score (nSPS) is 23.5. The van der Waals surface area contributed by atoms with Gasteiger partial charge in [0.1, 0.15) is 5.60 Å². The number of aromatic nitrogens is 2. The lowest BCUT2D eigenvalue weighted by atomic mass is 9.85. The minimum Gasteiger partial charge on any atom is -0.458 e. The zero-order valence-corrected chi connectivity index (χ0v) is 12.3. The Labute approximate surface area is 123 Å². The highest BCUT2D eigenvalue weighted by atomic mass is 16.6. The molecule has 1 unspecified atom stereocenters. The molecule has 2 fully saturated rings. The van der Waals surface area contributed by atoms with E-state index in [1.807, 2.05) is 13.1 Å². The molecule has 1 aliphatic carbocycles. The molecular formula is C15H21N3O3. The van der Waals surface area contributed by atoms with Crippen LogP contribution in [0.5, 0.6) is 0 Å². The zero-order chi connectivity index (χ0) is 14.9. The number of rotatable bonds is 4. The first-order valence-electron chi connectivity index (χ1n) is 7.58. The summed E-state index contributed by atoms with van der Waals surface area (Å²) in [6.45, 7) is 3.13. The van der Waals surface area contributed by atoms with Crippen molar-refractivity contribution >= 4 is 11.9 Å². The second-order valence-corrected chi connectivity index (χ2v) is 6.07. The van der Waals surface area contributed by atoms with Crippen molar-refractivity contribution < 1.29 is 14.3 Å². The topological polar surface area (TPSA) is 73.2 Å². The summed E-state index contributed by atoms with van der Waals surface area (Å²) < 4.78 is 7.30. The Balaban J connectivity index is 1.56. The number of aryl methyl sites for hydroxylation is 1. The van der Waals surface area contributed by atoms with E-state index in [1.165, 1.54) is 0 Å². The fourth-order valence-electron chi connectivity index (χ4n) is 3.45. The Hall–Kier alpha value is -1.85. The standard InChI is InChI=1S/C15H21N3O3/c1-11-9-17-18(10-11)7-6-16-14(20)12-8-13(19)21-15(12)4-2-3-5-15/h9-10,12H,2-8H2,1H3,(H,16,20). The van der Waals surface area contributed by atoms with Gasteiger partial charge in [-0.25, -0.2) is 0 Å². The third-order valence-electron chi connectivity index (χ3n) is 4.49.